The third-order valence-corrected chi connectivity index (χ3v) is 4.56. The van der Waals surface area contributed by atoms with Crippen LogP contribution >= 0.6 is 11.6 Å². The molecule has 1 aliphatic rings. The van der Waals surface area contributed by atoms with Crippen molar-refractivity contribution in [1.82, 2.24) is 14.9 Å². The molecule has 1 fully saturated rings. The van der Waals surface area contributed by atoms with E-state index in [4.69, 9.17) is 11.6 Å². The number of hydrogen-bond donors (Lipinski definition) is 2. The molecule has 7 nitrogen and oxygen atoms in total. The van der Waals surface area contributed by atoms with E-state index in [1.165, 1.54) is 6.33 Å². The molecule has 1 aromatic carbocycles. The topological polar surface area (TPSA) is 73.4 Å². The van der Waals surface area contributed by atoms with Gasteiger partial charge in [-0.1, -0.05) is 17.7 Å². The summed E-state index contributed by atoms with van der Waals surface area (Å²) in [5.41, 5.74) is 1.58. The van der Waals surface area contributed by atoms with Gasteiger partial charge < -0.3 is 15.1 Å². The molecule has 25 heavy (non-hydrogen) atoms. The molecular formula is C17H21ClN6O. The fraction of sp³-hybridized carbons (Fsp3) is 0.353. The minimum absolute atomic E-state index is 0.372. The zero-order valence-electron chi connectivity index (χ0n) is 14.3. The lowest BCUT2D eigenvalue weighted by molar-refractivity contribution is 0.262. The average Bonchev–Trinajstić information content (AvgIpc) is 2.59. The third-order valence-electron chi connectivity index (χ3n) is 4.15. The summed E-state index contributed by atoms with van der Waals surface area (Å²) in [7, 11) is 2.10. The van der Waals surface area contributed by atoms with Gasteiger partial charge in [0, 0.05) is 43.0 Å². The number of piperazine rings is 1. The van der Waals surface area contributed by atoms with Crippen molar-refractivity contribution in [3.05, 3.63) is 41.2 Å². The van der Waals surface area contributed by atoms with E-state index < -0.39 is 0 Å². The van der Waals surface area contributed by atoms with Crippen LogP contribution in [0.4, 0.5) is 22.1 Å². The lowest BCUT2D eigenvalue weighted by Gasteiger charge is -2.33. The molecule has 0 radical (unpaired) electrons. The molecule has 1 aromatic heterocycles. The molecule has 0 aliphatic carbocycles. The van der Waals surface area contributed by atoms with E-state index >= 15 is 0 Å². The number of hydrogen-bond acceptors (Lipinski definition) is 5. The van der Waals surface area contributed by atoms with E-state index in [0.29, 0.717) is 16.5 Å². The number of anilines is 3. The zero-order valence-corrected chi connectivity index (χ0v) is 15.0. The molecule has 0 unspecified atom stereocenters. The maximum Gasteiger partial charge on any atom is 0.324 e. The molecule has 2 aromatic rings. The number of carbonyl (C=O) groups is 1. The van der Waals surface area contributed by atoms with Crippen molar-refractivity contribution >= 4 is 35.0 Å². The number of urea groups is 1. The normalized spacial score (nSPS) is 15.1. The van der Waals surface area contributed by atoms with Crippen LogP contribution in [0.5, 0.6) is 0 Å². The first-order valence-electron chi connectivity index (χ1n) is 8.11. The quantitative estimate of drug-likeness (QED) is 0.880. The standard InChI is InChI=1S/C17H21ClN6O/c1-12-3-4-13(9-14(12)18)21-17(25)22-15-10-16(20-11-19-15)24-7-5-23(2)6-8-24/h3-4,9-11H,5-8H2,1-2H3,(H2,19,20,21,22,25). The van der Waals surface area contributed by atoms with Gasteiger partial charge in [-0.15, -0.1) is 0 Å². The van der Waals surface area contributed by atoms with Crippen molar-refractivity contribution in [2.45, 2.75) is 6.92 Å². The summed E-state index contributed by atoms with van der Waals surface area (Å²) in [5, 5.41) is 6.09. The largest absolute Gasteiger partial charge is 0.354 e. The van der Waals surface area contributed by atoms with Gasteiger partial charge in [-0.25, -0.2) is 14.8 Å². The second kappa shape index (κ2) is 7.67. The zero-order chi connectivity index (χ0) is 17.8. The second-order valence-electron chi connectivity index (χ2n) is 6.09. The summed E-state index contributed by atoms with van der Waals surface area (Å²) in [4.78, 5) is 25.0. The van der Waals surface area contributed by atoms with Crippen LogP contribution in [0.15, 0.2) is 30.6 Å². The monoisotopic (exact) mass is 360 g/mol. The first-order chi connectivity index (χ1) is 12.0. The summed E-state index contributed by atoms with van der Waals surface area (Å²) in [6, 6.07) is 6.78. The number of halogens is 1. The summed E-state index contributed by atoms with van der Waals surface area (Å²) in [6.07, 6.45) is 1.46. The Kier molecular flexibility index (Phi) is 5.35. The highest BCUT2D eigenvalue weighted by Crippen LogP contribution is 2.20. The molecule has 1 saturated heterocycles. The number of nitrogens with zero attached hydrogens (tertiary/aromatic N) is 4. The van der Waals surface area contributed by atoms with Crippen LogP contribution in [0.3, 0.4) is 0 Å². The van der Waals surface area contributed by atoms with E-state index in [1.807, 2.05) is 13.0 Å². The molecule has 1 aliphatic heterocycles. The van der Waals surface area contributed by atoms with Crippen molar-refractivity contribution in [1.29, 1.82) is 0 Å². The second-order valence-corrected chi connectivity index (χ2v) is 6.50. The molecule has 0 spiro atoms. The van der Waals surface area contributed by atoms with Crippen LogP contribution in [0.1, 0.15) is 5.56 Å². The molecule has 2 heterocycles. The fourth-order valence-electron chi connectivity index (χ4n) is 2.57. The van der Waals surface area contributed by atoms with Gasteiger partial charge in [0.15, 0.2) is 0 Å². The minimum atomic E-state index is -0.372. The van der Waals surface area contributed by atoms with Crippen molar-refractivity contribution in [3.63, 3.8) is 0 Å². The Bertz CT molecular complexity index is 761. The predicted octanol–water partition coefficient (Wildman–Crippen LogP) is 2.83. The molecule has 8 heteroatoms. The average molecular weight is 361 g/mol. The summed E-state index contributed by atoms with van der Waals surface area (Å²) in [5.74, 6) is 1.27. The van der Waals surface area contributed by atoms with Gasteiger partial charge in [0.1, 0.15) is 18.0 Å². The van der Waals surface area contributed by atoms with Gasteiger partial charge in [-0.05, 0) is 31.7 Å². The Morgan fingerprint density at radius 3 is 2.60 bits per heavy atom. The van der Waals surface area contributed by atoms with Gasteiger partial charge in [0.25, 0.3) is 0 Å². The van der Waals surface area contributed by atoms with Crippen molar-refractivity contribution < 1.29 is 4.79 Å². The Hall–Kier alpha value is -2.38. The molecule has 3 rings (SSSR count). The molecule has 2 N–H and O–H groups in total. The van der Waals surface area contributed by atoms with Gasteiger partial charge in [-0.2, -0.15) is 0 Å². The fourth-order valence-corrected chi connectivity index (χ4v) is 2.75. The van der Waals surface area contributed by atoms with Crippen molar-refractivity contribution in [2.24, 2.45) is 0 Å². The van der Waals surface area contributed by atoms with Crippen LogP contribution in [0.2, 0.25) is 5.02 Å². The number of aromatic nitrogens is 2. The number of rotatable bonds is 3. The highest BCUT2D eigenvalue weighted by atomic mass is 35.5. The Morgan fingerprint density at radius 1 is 1.12 bits per heavy atom. The maximum absolute atomic E-state index is 12.2. The number of amides is 2. The first kappa shape index (κ1) is 17.4. The van der Waals surface area contributed by atoms with E-state index in [1.54, 1.807) is 18.2 Å². The van der Waals surface area contributed by atoms with E-state index in [0.717, 1.165) is 37.6 Å². The van der Waals surface area contributed by atoms with Gasteiger partial charge in [0.05, 0.1) is 0 Å². The van der Waals surface area contributed by atoms with Gasteiger partial charge in [0.2, 0.25) is 0 Å². The van der Waals surface area contributed by atoms with E-state index in [-0.39, 0.29) is 6.03 Å². The summed E-state index contributed by atoms with van der Waals surface area (Å²) < 4.78 is 0. The van der Waals surface area contributed by atoms with Gasteiger partial charge >= 0.3 is 6.03 Å². The van der Waals surface area contributed by atoms with Crippen LogP contribution < -0.4 is 15.5 Å². The number of likely N-dealkylation sites (N-methyl/N-ethyl adjacent to an activating group) is 1. The molecule has 0 atom stereocenters. The Balaban J connectivity index is 1.63. The third kappa shape index (κ3) is 4.58. The Morgan fingerprint density at radius 2 is 1.88 bits per heavy atom. The summed E-state index contributed by atoms with van der Waals surface area (Å²) >= 11 is 6.07. The molecular weight excluding hydrogens is 340 g/mol. The van der Waals surface area contributed by atoms with Crippen molar-refractivity contribution in [3.8, 4) is 0 Å². The van der Waals surface area contributed by atoms with E-state index in [2.05, 4.69) is 37.4 Å². The van der Waals surface area contributed by atoms with Crippen LogP contribution in [-0.4, -0.2) is 54.1 Å². The smallest absolute Gasteiger partial charge is 0.324 e. The lowest BCUT2D eigenvalue weighted by atomic mass is 10.2. The lowest BCUT2D eigenvalue weighted by Crippen LogP contribution is -2.44. The molecule has 0 saturated carbocycles. The van der Waals surface area contributed by atoms with Crippen LogP contribution in [0, 0.1) is 6.92 Å². The van der Waals surface area contributed by atoms with E-state index in [9.17, 15) is 4.79 Å². The molecule has 132 valence electrons. The maximum atomic E-state index is 12.2. The predicted molar refractivity (Wildman–Crippen MR) is 101 cm³/mol. The SMILES string of the molecule is Cc1ccc(NC(=O)Nc2cc(N3CCN(C)CC3)ncn2)cc1Cl. The highest BCUT2D eigenvalue weighted by molar-refractivity contribution is 6.31. The Labute approximate surface area is 152 Å². The van der Waals surface area contributed by atoms with Crippen LogP contribution in [-0.2, 0) is 0 Å². The number of aryl methyl sites for hydroxylation is 1. The number of carbonyl (C=O) groups excluding carboxylic acids is 1. The highest BCUT2D eigenvalue weighted by Gasteiger charge is 2.16. The van der Waals surface area contributed by atoms with Gasteiger partial charge in [-0.3, -0.25) is 5.32 Å². The summed E-state index contributed by atoms with van der Waals surface area (Å²) in [6.45, 7) is 5.69. The molecule has 0 bridgehead atoms. The molecule has 2 amide bonds. The van der Waals surface area contributed by atoms with Crippen LogP contribution in [0.25, 0.3) is 0 Å². The first-order valence-corrected chi connectivity index (χ1v) is 8.49. The number of benzene rings is 1. The minimum Gasteiger partial charge on any atom is -0.354 e. The number of nitrogens with one attached hydrogen (secondary N) is 2. The van der Waals surface area contributed by atoms with Crippen molar-refractivity contribution in [2.75, 3.05) is 48.8 Å².